The first-order chi connectivity index (χ1) is 11.9. The second-order valence-electron chi connectivity index (χ2n) is 6.74. The number of hydrogen-bond acceptors (Lipinski definition) is 3. The summed E-state index contributed by atoms with van der Waals surface area (Å²) in [5, 5.41) is 7.32. The minimum atomic E-state index is -0.218. The van der Waals surface area contributed by atoms with Gasteiger partial charge in [0.2, 0.25) is 0 Å². The number of rotatable bonds is 5. The number of nitrogens with one attached hydrogen (secondary N) is 1. The van der Waals surface area contributed by atoms with Crippen LogP contribution in [0.2, 0.25) is 0 Å². The smallest absolute Gasteiger partial charge is 0.258 e. The minimum Gasteiger partial charge on any atom is -0.480 e. The number of benzene rings is 1. The molecule has 1 heterocycles. The van der Waals surface area contributed by atoms with Gasteiger partial charge in [-0.3, -0.25) is 9.48 Å². The summed E-state index contributed by atoms with van der Waals surface area (Å²) in [6.07, 6.45) is 2.80. The molecule has 1 amide bonds. The molecule has 2 unspecified atom stereocenters. The molecule has 1 aliphatic carbocycles. The standard InChI is InChI=1S/C19H24FN3O2/c1-12-19(13(2)23(3)22-12)25-11-18(24)21-17-9-6-15(10-17)14-4-7-16(20)8-5-14/h4-5,7-8,15,17H,6,9-11H2,1-3H3,(H,21,24). The van der Waals surface area contributed by atoms with Crippen LogP contribution in [-0.4, -0.2) is 28.3 Å². The van der Waals surface area contributed by atoms with E-state index in [2.05, 4.69) is 10.4 Å². The maximum absolute atomic E-state index is 13.0. The van der Waals surface area contributed by atoms with Crippen molar-refractivity contribution in [1.82, 2.24) is 15.1 Å². The number of aryl methyl sites for hydroxylation is 2. The summed E-state index contributed by atoms with van der Waals surface area (Å²) < 4.78 is 20.4. The van der Waals surface area contributed by atoms with Crippen LogP contribution in [0.3, 0.4) is 0 Å². The highest BCUT2D eigenvalue weighted by Gasteiger charge is 2.27. The number of ether oxygens (including phenoxy) is 1. The molecule has 0 saturated heterocycles. The van der Waals surface area contributed by atoms with E-state index in [1.807, 2.05) is 33.0 Å². The van der Waals surface area contributed by atoms with Crippen LogP contribution in [0.4, 0.5) is 4.39 Å². The molecule has 3 rings (SSSR count). The van der Waals surface area contributed by atoms with Crippen LogP contribution in [0.5, 0.6) is 5.75 Å². The van der Waals surface area contributed by atoms with Crippen LogP contribution < -0.4 is 10.1 Å². The average molecular weight is 345 g/mol. The van der Waals surface area contributed by atoms with E-state index in [4.69, 9.17) is 4.74 Å². The predicted octanol–water partition coefficient (Wildman–Crippen LogP) is 3.01. The summed E-state index contributed by atoms with van der Waals surface area (Å²) in [5.74, 6) is 0.708. The zero-order valence-corrected chi connectivity index (χ0v) is 14.9. The van der Waals surface area contributed by atoms with Crippen molar-refractivity contribution in [2.45, 2.75) is 45.1 Å². The maximum Gasteiger partial charge on any atom is 0.258 e. The normalized spacial score (nSPS) is 19.8. The van der Waals surface area contributed by atoms with Crippen molar-refractivity contribution >= 4 is 5.91 Å². The Hall–Kier alpha value is -2.37. The molecule has 0 radical (unpaired) electrons. The Labute approximate surface area is 147 Å². The van der Waals surface area contributed by atoms with Crippen molar-refractivity contribution in [3.63, 3.8) is 0 Å². The van der Waals surface area contributed by atoms with Crippen molar-refractivity contribution in [1.29, 1.82) is 0 Å². The average Bonchev–Trinajstić information content (AvgIpc) is 3.12. The van der Waals surface area contributed by atoms with Crippen LogP contribution in [-0.2, 0) is 11.8 Å². The number of carbonyl (C=O) groups is 1. The lowest BCUT2D eigenvalue weighted by atomic mass is 9.97. The first-order valence-electron chi connectivity index (χ1n) is 8.62. The lowest BCUT2D eigenvalue weighted by Crippen LogP contribution is -2.36. The fourth-order valence-electron chi connectivity index (χ4n) is 3.52. The Bertz CT molecular complexity index is 755. The number of halogens is 1. The van der Waals surface area contributed by atoms with E-state index < -0.39 is 0 Å². The quantitative estimate of drug-likeness (QED) is 0.906. The largest absolute Gasteiger partial charge is 0.480 e. The monoisotopic (exact) mass is 345 g/mol. The van der Waals surface area contributed by atoms with Crippen molar-refractivity contribution in [2.24, 2.45) is 7.05 Å². The summed E-state index contributed by atoms with van der Waals surface area (Å²) in [6.45, 7) is 3.77. The number of carbonyl (C=O) groups excluding carboxylic acids is 1. The summed E-state index contributed by atoms with van der Waals surface area (Å²) in [6, 6.07) is 6.80. The Balaban J connectivity index is 1.49. The molecule has 6 heteroatoms. The van der Waals surface area contributed by atoms with Gasteiger partial charge < -0.3 is 10.1 Å². The number of nitrogens with zero attached hydrogens (tertiary/aromatic N) is 2. The van der Waals surface area contributed by atoms with Crippen LogP contribution in [0.15, 0.2) is 24.3 Å². The van der Waals surface area contributed by atoms with E-state index in [0.717, 1.165) is 36.2 Å². The third-order valence-electron chi connectivity index (χ3n) is 4.93. The minimum absolute atomic E-state index is 0.00884. The van der Waals surface area contributed by atoms with Crippen LogP contribution in [0.1, 0.15) is 42.1 Å². The van der Waals surface area contributed by atoms with Gasteiger partial charge in [0.1, 0.15) is 11.5 Å². The Morgan fingerprint density at radius 2 is 2.04 bits per heavy atom. The number of aromatic nitrogens is 2. The molecule has 1 N–H and O–H groups in total. The SMILES string of the molecule is Cc1nn(C)c(C)c1OCC(=O)NC1CCC(c2ccc(F)cc2)C1. The van der Waals surface area contributed by atoms with Crippen molar-refractivity contribution in [3.05, 3.63) is 47.0 Å². The number of hydrogen-bond donors (Lipinski definition) is 1. The molecular weight excluding hydrogens is 321 g/mol. The van der Waals surface area contributed by atoms with E-state index in [-0.39, 0.29) is 24.4 Å². The van der Waals surface area contributed by atoms with E-state index in [1.54, 1.807) is 4.68 Å². The van der Waals surface area contributed by atoms with Gasteiger partial charge in [-0.2, -0.15) is 5.10 Å². The maximum atomic E-state index is 13.0. The van der Waals surface area contributed by atoms with Gasteiger partial charge in [-0.25, -0.2) is 4.39 Å². The van der Waals surface area contributed by atoms with Gasteiger partial charge in [-0.1, -0.05) is 12.1 Å². The first kappa shape index (κ1) is 17.5. The summed E-state index contributed by atoms with van der Waals surface area (Å²) in [4.78, 5) is 12.2. The fraction of sp³-hybridized carbons (Fsp3) is 0.474. The highest BCUT2D eigenvalue weighted by molar-refractivity contribution is 5.78. The Kier molecular flexibility index (Phi) is 5.06. The second-order valence-corrected chi connectivity index (χ2v) is 6.74. The van der Waals surface area contributed by atoms with Gasteiger partial charge in [-0.05, 0) is 56.7 Å². The molecule has 25 heavy (non-hydrogen) atoms. The molecule has 5 nitrogen and oxygen atoms in total. The van der Waals surface area contributed by atoms with E-state index in [0.29, 0.717) is 11.7 Å². The van der Waals surface area contributed by atoms with E-state index in [1.165, 1.54) is 12.1 Å². The molecule has 2 atom stereocenters. The van der Waals surface area contributed by atoms with Gasteiger partial charge in [0.05, 0.1) is 5.69 Å². The highest BCUT2D eigenvalue weighted by atomic mass is 19.1. The van der Waals surface area contributed by atoms with Crippen LogP contribution >= 0.6 is 0 Å². The van der Waals surface area contributed by atoms with Crippen LogP contribution in [0, 0.1) is 19.7 Å². The zero-order valence-electron chi connectivity index (χ0n) is 14.9. The third-order valence-corrected chi connectivity index (χ3v) is 4.93. The topological polar surface area (TPSA) is 56.2 Å². The second kappa shape index (κ2) is 7.25. The Morgan fingerprint density at radius 1 is 1.32 bits per heavy atom. The van der Waals surface area contributed by atoms with Gasteiger partial charge in [0.25, 0.3) is 5.91 Å². The van der Waals surface area contributed by atoms with Crippen molar-refractivity contribution in [2.75, 3.05) is 6.61 Å². The molecule has 2 aromatic rings. The highest BCUT2D eigenvalue weighted by Crippen LogP contribution is 2.34. The van der Waals surface area contributed by atoms with Crippen LogP contribution in [0.25, 0.3) is 0 Å². The van der Waals surface area contributed by atoms with Crippen molar-refractivity contribution < 1.29 is 13.9 Å². The molecule has 1 aromatic carbocycles. The zero-order chi connectivity index (χ0) is 18.0. The predicted molar refractivity (Wildman–Crippen MR) is 93.1 cm³/mol. The molecule has 1 saturated carbocycles. The summed E-state index contributed by atoms with van der Waals surface area (Å²) in [7, 11) is 1.85. The van der Waals surface area contributed by atoms with Crippen molar-refractivity contribution in [3.8, 4) is 5.75 Å². The molecule has 1 aromatic heterocycles. The molecule has 0 spiro atoms. The first-order valence-corrected chi connectivity index (χ1v) is 8.62. The lowest BCUT2D eigenvalue weighted by Gasteiger charge is -2.14. The summed E-state index contributed by atoms with van der Waals surface area (Å²) >= 11 is 0. The Morgan fingerprint density at radius 3 is 2.68 bits per heavy atom. The molecule has 134 valence electrons. The molecule has 1 aliphatic rings. The van der Waals surface area contributed by atoms with Gasteiger partial charge >= 0.3 is 0 Å². The number of amides is 1. The van der Waals surface area contributed by atoms with E-state index >= 15 is 0 Å². The fourth-order valence-corrected chi connectivity index (χ4v) is 3.52. The molecule has 0 bridgehead atoms. The van der Waals surface area contributed by atoms with Gasteiger partial charge in [0, 0.05) is 13.1 Å². The lowest BCUT2D eigenvalue weighted by molar-refractivity contribution is -0.123. The summed E-state index contributed by atoms with van der Waals surface area (Å²) in [5.41, 5.74) is 2.82. The van der Waals surface area contributed by atoms with Gasteiger partial charge in [0.15, 0.2) is 12.4 Å². The molecular formula is C19H24FN3O2. The third kappa shape index (κ3) is 4.00. The van der Waals surface area contributed by atoms with E-state index in [9.17, 15) is 9.18 Å². The molecule has 1 fully saturated rings. The van der Waals surface area contributed by atoms with Gasteiger partial charge in [-0.15, -0.1) is 0 Å². The molecule has 0 aliphatic heterocycles.